The largest absolute Gasteiger partial charge is 0.496 e. The average molecular weight is 225 g/mol. The van der Waals surface area contributed by atoms with E-state index in [1.807, 2.05) is 19.1 Å². The summed E-state index contributed by atoms with van der Waals surface area (Å²) < 4.78 is 10.6. The standard InChI is InChI=1S/C12H19NO3/c1-8-4-11(15-2)10(6-9(14)7-13)12(5-8)16-3/h4-5,9,14H,6-7,13H2,1-3H3. The number of aryl methyl sites for hydroxylation is 1. The van der Waals surface area contributed by atoms with Crippen LogP contribution in [0.4, 0.5) is 0 Å². The molecule has 1 atom stereocenters. The number of ether oxygens (including phenoxy) is 2. The summed E-state index contributed by atoms with van der Waals surface area (Å²) in [5.74, 6) is 1.45. The van der Waals surface area contributed by atoms with Crippen molar-refractivity contribution in [3.05, 3.63) is 23.3 Å². The zero-order valence-corrected chi connectivity index (χ0v) is 9.99. The van der Waals surface area contributed by atoms with Crippen molar-refractivity contribution in [1.29, 1.82) is 0 Å². The van der Waals surface area contributed by atoms with Gasteiger partial charge < -0.3 is 20.3 Å². The normalized spacial score (nSPS) is 12.3. The van der Waals surface area contributed by atoms with Gasteiger partial charge in [-0.05, 0) is 24.6 Å². The number of rotatable bonds is 5. The van der Waals surface area contributed by atoms with Crippen molar-refractivity contribution in [3.8, 4) is 11.5 Å². The second-order valence-electron chi connectivity index (χ2n) is 3.74. The van der Waals surface area contributed by atoms with Crippen LogP contribution in [0.25, 0.3) is 0 Å². The van der Waals surface area contributed by atoms with Crippen LogP contribution in [0, 0.1) is 6.92 Å². The van der Waals surface area contributed by atoms with Gasteiger partial charge in [-0.2, -0.15) is 0 Å². The molecule has 4 nitrogen and oxygen atoms in total. The van der Waals surface area contributed by atoms with E-state index in [0.717, 1.165) is 22.6 Å². The highest BCUT2D eigenvalue weighted by Crippen LogP contribution is 2.31. The number of hydrogen-bond donors (Lipinski definition) is 2. The van der Waals surface area contributed by atoms with Crippen molar-refractivity contribution in [3.63, 3.8) is 0 Å². The fourth-order valence-corrected chi connectivity index (χ4v) is 1.64. The Balaban J connectivity index is 3.11. The zero-order chi connectivity index (χ0) is 12.1. The fourth-order valence-electron chi connectivity index (χ4n) is 1.64. The van der Waals surface area contributed by atoms with Gasteiger partial charge in [-0.3, -0.25) is 0 Å². The molecule has 0 bridgehead atoms. The summed E-state index contributed by atoms with van der Waals surface area (Å²) in [7, 11) is 3.21. The number of aliphatic hydroxyl groups excluding tert-OH is 1. The maximum atomic E-state index is 9.58. The van der Waals surface area contributed by atoms with Crippen molar-refractivity contribution in [1.82, 2.24) is 0 Å². The maximum absolute atomic E-state index is 9.58. The molecule has 0 aliphatic carbocycles. The molecule has 0 fully saturated rings. The summed E-state index contributed by atoms with van der Waals surface area (Å²) in [5.41, 5.74) is 7.31. The van der Waals surface area contributed by atoms with E-state index in [0.29, 0.717) is 6.42 Å². The van der Waals surface area contributed by atoms with Crippen LogP contribution in [0.3, 0.4) is 0 Å². The first-order valence-electron chi connectivity index (χ1n) is 5.22. The lowest BCUT2D eigenvalue weighted by molar-refractivity contribution is 0.181. The summed E-state index contributed by atoms with van der Waals surface area (Å²) in [6.45, 7) is 2.19. The molecule has 90 valence electrons. The molecule has 0 aromatic heterocycles. The Morgan fingerprint density at radius 2 is 1.75 bits per heavy atom. The van der Waals surface area contributed by atoms with Gasteiger partial charge in [0.2, 0.25) is 0 Å². The van der Waals surface area contributed by atoms with Crippen LogP contribution in [0.15, 0.2) is 12.1 Å². The molecule has 3 N–H and O–H groups in total. The van der Waals surface area contributed by atoms with Crippen LogP contribution < -0.4 is 15.2 Å². The lowest BCUT2D eigenvalue weighted by atomic mass is 10.0. The maximum Gasteiger partial charge on any atom is 0.126 e. The van der Waals surface area contributed by atoms with E-state index in [1.54, 1.807) is 14.2 Å². The Labute approximate surface area is 96.0 Å². The number of benzene rings is 1. The third-order valence-electron chi connectivity index (χ3n) is 2.46. The molecule has 0 radical (unpaired) electrons. The SMILES string of the molecule is COc1cc(C)cc(OC)c1CC(O)CN. The fraction of sp³-hybridized carbons (Fsp3) is 0.500. The Kier molecular flexibility index (Phi) is 4.58. The molecule has 0 aliphatic rings. The van der Waals surface area contributed by atoms with Gasteiger partial charge in [-0.1, -0.05) is 0 Å². The minimum absolute atomic E-state index is 0.222. The Hall–Kier alpha value is -1.26. The van der Waals surface area contributed by atoms with Crippen molar-refractivity contribution >= 4 is 0 Å². The summed E-state index contributed by atoms with van der Waals surface area (Å²) in [5, 5.41) is 9.58. The summed E-state index contributed by atoms with van der Waals surface area (Å²) in [6.07, 6.45) is -0.145. The molecule has 1 aromatic carbocycles. The van der Waals surface area contributed by atoms with Gasteiger partial charge >= 0.3 is 0 Å². The molecule has 0 spiro atoms. The van der Waals surface area contributed by atoms with Crippen LogP contribution in [-0.2, 0) is 6.42 Å². The first-order chi connectivity index (χ1) is 7.62. The third kappa shape index (κ3) is 2.87. The number of nitrogens with two attached hydrogens (primary N) is 1. The second kappa shape index (κ2) is 5.72. The average Bonchev–Trinajstić information content (AvgIpc) is 2.30. The first kappa shape index (κ1) is 12.8. The van der Waals surface area contributed by atoms with E-state index in [1.165, 1.54) is 0 Å². The number of methoxy groups -OCH3 is 2. The quantitative estimate of drug-likeness (QED) is 0.780. The lowest BCUT2D eigenvalue weighted by Crippen LogP contribution is -2.22. The second-order valence-corrected chi connectivity index (χ2v) is 3.74. The minimum atomic E-state index is -0.578. The van der Waals surface area contributed by atoms with Crippen molar-refractivity contribution in [2.75, 3.05) is 20.8 Å². The van der Waals surface area contributed by atoms with Gasteiger partial charge in [0.05, 0.1) is 20.3 Å². The number of hydrogen-bond acceptors (Lipinski definition) is 4. The Morgan fingerprint density at radius 3 is 2.12 bits per heavy atom. The van der Waals surface area contributed by atoms with Crippen LogP contribution in [0.5, 0.6) is 11.5 Å². The Bertz CT molecular complexity index is 327. The molecule has 4 heteroatoms. The van der Waals surface area contributed by atoms with Gasteiger partial charge in [-0.25, -0.2) is 0 Å². The van der Waals surface area contributed by atoms with E-state index in [9.17, 15) is 5.11 Å². The van der Waals surface area contributed by atoms with Crippen LogP contribution in [0.2, 0.25) is 0 Å². The first-order valence-corrected chi connectivity index (χ1v) is 5.22. The van der Waals surface area contributed by atoms with Crippen molar-refractivity contribution < 1.29 is 14.6 Å². The minimum Gasteiger partial charge on any atom is -0.496 e. The summed E-state index contributed by atoms with van der Waals surface area (Å²) in [4.78, 5) is 0. The van der Waals surface area contributed by atoms with E-state index in [2.05, 4.69) is 0 Å². The molecule has 1 rings (SSSR count). The molecule has 0 saturated carbocycles. The van der Waals surface area contributed by atoms with Gasteiger partial charge in [0, 0.05) is 18.5 Å². The molecule has 16 heavy (non-hydrogen) atoms. The van der Waals surface area contributed by atoms with Gasteiger partial charge in [0.1, 0.15) is 11.5 Å². The third-order valence-corrected chi connectivity index (χ3v) is 2.46. The smallest absolute Gasteiger partial charge is 0.126 e. The molecule has 1 unspecified atom stereocenters. The Morgan fingerprint density at radius 1 is 1.25 bits per heavy atom. The molecule has 0 amide bonds. The number of aliphatic hydroxyl groups is 1. The zero-order valence-electron chi connectivity index (χ0n) is 9.99. The molecule has 0 heterocycles. The molecule has 0 aliphatic heterocycles. The lowest BCUT2D eigenvalue weighted by Gasteiger charge is -2.16. The van der Waals surface area contributed by atoms with Gasteiger partial charge in [-0.15, -0.1) is 0 Å². The predicted molar refractivity (Wildman–Crippen MR) is 63.0 cm³/mol. The van der Waals surface area contributed by atoms with E-state index in [-0.39, 0.29) is 6.54 Å². The van der Waals surface area contributed by atoms with Crippen LogP contribution in [0.1, 0.15) is 11.1 Å². The highest BCUT2D eigenvalue weighted by Gasteiger charge is 2.14. The predicted octanol–water partition coefficient (Wildman–Crippen LogP) is 0.874. The van der Waals surface area contributed by atoms with E-state index < -0.39 is 6.10 Å². The van der Waals surface area contributed by atoms with Crippen molar-refractivity contribution in [2.24, 2.45) is 5.73 Å². The summed E-state index contributed by atoms with van der Waals surface area (Å²) in [6, 6.07) is 3.84. The van der Waals surface area contributed by atoms with Crippen LogP contribution in [-0.4, -0.2) is 32.0 Å². The molecular weight excluding hydrogens is 206 g/mol. The highest BCUT2D eigenvalue weighted by molar-refractivity contribution is 5.48. The van der Waals surface area contributed by atoms with Crippen molar-refractivity contribution in [2.45, 2.75) is 19.4 Å². The van der Waals surface area contributed by atoms with Gasteiger partial charge in [0.25, 0.3) is 0 Å². The monoisotopic (exact) mass is 225 g/mol. The van der Waals surface area contributed by atoms with E-state index in [4.69, 9.17) is 15.2 Å². The highest BCUT2D eigenvalue weighted by atomic mass is 16.5. The molecular formula is C12H19NO3. The van der Waals surface area contributed by atoms with Gasteiger partial charge in [0.15, 0.2) is 0 Å². The topological polar surface area (TPSA) is 64.7 Å². The summed E-state index contributed by atoms with van der Waals surface area (Å²) >= 11 is 0. The molecule has 0 saturated heterocycles. The molecule has 1 aromatic rings. The van der Waals surface area contributed by atoms with E-state index >= 15 is 0 Å². The van der Waals surface area contributed by atoms with Crippen LogP contribution >= 0.6 is 0 Å².